The van der Waals surface area contributed by atoms with Crippen LogP contribution >= 0.6 is 0 Å². The molecule has 2 heteroatoms. The van der Waals surface area contributed by atoms with Gasteiger partial charge in [0.25, 0.3) is 0 Å². The van der Waals surface area contributed by atoms with Gasteiger partial charge in [-0.1, -0.05) is 18.9 Å². The molecule has 0 spiro atoms. The Balaban J connectivity index is 2.30. The van der Waals surface area contributed by atoms with E-state index < -0.39 is 0 Å². The van der Waals surface area contributed by atoms with Crippen LogP contribution in [0.3, 0.4) is 0 Å². The van der Waals surface area contributed by atoms with E-state index in [-0.39, 0.29) is 6.61 Å². The lowest BCUT2D eigenvalue weighted by molar-refractivity contribution is 0.154. The van der Waals surface area contributed by atoms with Crippen LogP contribution in [0.4, 0.5) is 0 Å². The van der Waals surface area contributed by atoms with Gasteiger partial charge in [0, 0.05) is 19.1 Å². The monoisotopic (exact) mass is 183 g/mol. The van der Waals surface area contributed by atoms with E-state index in [2.05, 4.69) is 11.5 Å². The van der Waals surface area contributed by atoms with Gasteiger partial charge in [0.1, 0.15) is 0 Å². The third-order valence-electron chi connectivity index (χ3n) is 2.85. The summed E-state index contributed by atoms with van der Waals surface area (Å²) in [5.74, 6) is 0. The second-order valence-electron chi connectivity index (χ2n) is 3.78. The molecule has 0 aromatic heterocycles. The summed E-state index contributed by atoms with van der Waals surface area (Å²) in [5, 5.41) is 8.93. The smallest absolute Gasteiger partial charge is 0.0558 e. The van der Waals surface area contributed by atoms with Gasteiger partial charge in [0.2, 0.25) is 0 Å². The Kier molecular flexibility index (Phi) is 5.09. The zero-order valence-corrected chi connectivity index (χ0v) is 8.41. The molecule has 0 atom stereocenters. The summed E-state index contributed by atoms with van der Waals surface area (Å²) in [4.78, 5) is 2.41. The molecule has 0 amide bonds. The first-order valence-corrected chi connectivity index (χ1v) is 5.34. The van der Waals surface area contributed by atoms with Crippen molar-refractivity contribution in [3.8, 4) is 0 Å². The molecule has 1 aliphatic carbocycles. The first-order chi connectivity index (χ1) is 6.38. The quantitative estimate of drug-likeness (QED) is 0.635. The van der Waals surface area contributed by atoms with Gasteiger partial charge in [-0.05, 0) is 19.3 Å². The maximum absolute atomic E-state index is 8.93. The standard InChI is InChI=1S/C11H21NO/c1-2-3-8-12(9-10-13)11-6-4-5-7-11/h2,11,13H,1,3-10H2. The van der Waals surface area contributed by atoms with Crippen LogP contribution in [0.2, 0.25) is 0 Å². The average molecular weight is 183 g/mol. The van der Waals surface area contributed by atoms with Crippen LogP contribution in [-0.4, -0.2) is 35.7 Å². The largest absolute Gasteiger partial charge is 0.395 e. The SMILES string of the molecule is C=CCCN(CCO)C1CCCC1. The molecule has 0 aromatic rings. The molecule has 1 rings (SSSR count). The van der Waals surface area contributed by atoms with Gasteiger partial charge in [-0.2, -0.15) is 0 Å². The Morgan fingerprint density at radius 3 is 2.54 bits per heavy atom. The summed E-state index contributed by atoms with van der Waals surface area (Å²) >= 11 is 0. The number of nitrogens with zero attached hydrogens (tertiary/aromatic N) is 1. The summed E-state index contributed by atoms with van der Waals surface area (Å²) in [7, 11) is 0. The van der Waals surface area contributed by atoms with Crippen molar-refractivity contribution >= 4 is 0 Å². The highest BCUT2D eigenvalue weighted by atomic mass is 16.3. The number of rotatable bonds is 6. The minimum Gasteiger partial charge on any atom is -0.395 e. The molecule has 1 aliphatic rings. The Morgan fingerprint density at radius 1 is 1.31 bits per heavy atom. The molecule has 0 aliphatic heterocycles. The lowest BCUT2D eigenvalue weighted by Gasteiger charge is -2.27. The highest BCUT2D eigenvalue weighted by Gasteiger charge is 2.20. The molecule has 0 bridgehead atoms. The van der Waals surface area contributed by atoms with Crippen LogP contribution in [-0.2, 0) is 0 Å². The molecule has 0 saturated heterocycles. The zero-order valence-electron chi connectivity index (χ0n) is 8.41. The Labute approximate surface area is 81.2 Å². The maximum Gasteiger partial charge on any atom is 0.0558 e. The number of aliphatic hydroxyl groups excluding tert-OH is 1. The fraction of sp³-hybridized carbons (Fsp3) is 0.818. The van der Waals surface area contributed by atoms with Gasteiger partial charge in [-0.15, -0.1) is 6.58 Å². The number of hydrogen-bond acceptors (Lipinski definition) is 2. The lowest BCUT2D eigenvalue weighted by atomic mass is 10.2. The highest BCUT2D eigenvalue weighted by molar-refractivity contribution is 4.79. The normalized spacial score (nSPS) is 18.3. The summed E-state index contributed by atoms with van der Waals surface area (Å²) in [5.41, 5.74) is 0. The van der Waals surface area contributed by atoms with E-state index in [4.69, 9.17) is 5.11 Å². The minimum atomic E-state index is 0.285. The van der Waals surface area contributed by atoms with Crippen molar-refractivity contribution in [2.24, 2.45) is 0 Å². The van der Waals surface area contributed by atoms with Crippen molar-refractivity contribution < 1.29 is 5.11 Å². The van der Waals surface area contributed by atoms with Crippen molar-refractivity contribution in [2.75, 3.05) is 19.7 Å². The van der Waals surface area contributed by atoms with Gasteiger partial charge in [0.05, 0.1) is 6.61 Å². The van der Waals surface area contributed by atoms with Crippen molar-refractivity contribution in [1.82, 2.24) is 4.90 Å². The molecule has 1 fully saturated rings. The average Bonchev–Trinajstić information content (AvgIpc) is 2.65. The van der Waals surface area contributed by atoms with Crippen LogP contribution in [0, 0.1) is 0 Å². The fourth-order valence-corrected chi connectivity index (χ4v) is 2.13. The van der Waals surface area contributed by atoms with Crippen molar-refractivity contribution in [2.45, 2.75) is 38.1 Å². The molecule has 76 valence electrons. The Hall–Kier alpha value is -0.340. The van der Waals surface area contributed by atoms with E-state index in [0.29, 0.717) is 0 Å². The number of aliphatic hydroxyl groups is 1. The topological polar surface area (TPSA) is 23.5 Å². The van der Waals surface area contributed by atoms with Crippen LogP contribution in [0.15, 0.2) is 12.7 Å². The first kappa shape index (κ1) is 10.7. The summed E-state index contributed by atoms with van der Waals surface area (Å²) < 4.78 is 0. The summed E-state index contributed by atoms with van der Waals surface area (Å²) in [6, 6.07) is 0.729. The van der Waals surface area contributed by atoms with E-state index in [1.807, 2.05) is 6.08 Å². The summed E-state index contributed by atoms with van der Waals surface area (Å²) in [6.45, 7) is 5.91. The predicted octanol–water partition coefficient (Wildman–Crippen LogP) is 1.80. The lowest BCUT2D eigenvalue weighted by Crippen LogP contribution is -2.36. The van der Waals surface area contributed by atoms with Crippen LogP contribution in [0.5, 0.6) is 0 Å². The highest BCUT2D eigenvalue weighted by Crippen LogP contribution is 2.23. The van der Waals surface area contributed by atoms with Crippen LogP contribution in [0.25, 0.3) is 0 Å². The third-order valence-corrected chi connectivity index (χ3v) is 2.85. The molecule has 0 radical (unpaired) electrons. The predicted molar refractivity (Wildman–Crippen MR) is 55.7 cm³/mol. The summed E-state index contributed by atoms with van der Waals surface area (Å²) in [6.07, 6.45) is 8.35. The Bertz CT molecular complexity index is 141. The third kappa shape index (κ3) is 3.49. The van der Waals surface area contributed by atoms with Crippen LogP contribution < -0.4 is 0 Å². The van der Waals surface area contributed by atoms with E-state index in [9.17, 15) is 0 Å². The molecule has 1 saturated carbocycles. The molecule has 1 N–H and O–H groups in total. The van der Waals surface area contributed by atoms with Crippen molar-refractivity contribution in [1.29, 1.82) is 0 Å². The van der Waals surface area contributed by atoms with Gasteiger partial charge >= 0.3 is 0 Å². The fourth-order valence-electron chi connectivity index (χ4n) is 2.13. The van der Waals surface area contributed by atoms with Crippen molar-refractivity contribution in [3.05, 3.63) is 12.7 Å². The maximum atomic E-state index is 8.93. The molecule has 13 heavy (non-hydrogen) atoms. The second kappa shape index (κ2) is 6.17. The van der Waals surface area contributed by atoms with E-state index in [1.165, 1.54) is 25.7 Å². The molecule has 2 nitrogen and oxygen atoms in total. The molecule has 0 aromatic carbocycles. The van der Waals surface area contributed by atoms with Gasteiger partial charge in [-0.3, -0.25) is 4.90 Å². The molecular formula is C11H21NO. The van der Waals surface area contributed by atoms with E-state index in [0.717, 1.165) is 25.6 Å². The van der Waals surface area contributed by atoms with Gasteiger partial charge in [-0.25, -0.2) is 0 Å². The first-order valence-electron chi connectivity index (χ1n) is 5.34. The molecular weight excluding hydrogens is 162 g/mol. The van der Waals surface area contributed by atoms with Crippen molar-refractivity contribution in [3.63, 3.8) is 0 Å². The molecule has 0 heterocycles. The number of hydrogen-bond donors (Lipinski definition) is 1. The van der Waals surface area contributed by atoms with Gasteiger partial charge < -0.3 is 5.11 Å². The Morgan fingerprint density at radius 2 is 2.00 bits per heavy atom. The van der Waals surface area contributed by atoms with Crippen LogP contribution in [0.1, 0.15) is 32.1 Å². The van der Waals surface area contributed by atoms with Gasteiger partial charge in [0.15, 0.2) is 0 Å². The van der Waals surface area contributed by atoms with E-state index in [1.54, 1.807) is 0 Å². The minimum absolute atomic E-state index is 0.285. The molecule has 0 unspecified atom stereocenters. The second-order valence-corrected chi connectivity index (χ2v) is 3.78. The van der Waals surface area contributed by atoms with E-state index >= 15 is 0 Å². The zero-order chi connectivity index (χ0) is 9.52.